The van der Waals surface area contributed by atoms with Crippen molar-refractivity contribution in [2.24, 2.45) is 0 Å². The van der Waals surface area contributed by atoms with Crippen molar-refractivity contribution in [3.05, 3.63) is 29.6 Å². The smallest absolute Gasteiger partial charge is 0.240 e. The summed E-state index contributed by atoms with van der Waals surface area (Å²) in [6.45, 7) is 0.760. The highest BCUT2D eigenvalue weighted by Crippen LogP contribution is 2.17. The quantitative estimate of drug-likeness (QED) is 0.645. The number of thioether (sulfide) groups is 1. The molecule has 0 aliphatic heterocycles. The minimum absolute atomic E-state index is 0.0148. The maximum Gasteiger partial charge on any atom is 0.240 e. The Morgan fingerprint density at radius 1 is 1.24 bits per heavy atom. The van der Waals surface area contributed by atoms with Crippen molar-refractivity contribution in [3.63, 3.8) is 0 Å². The van der Waals surface area contributed by atoms with Crippen LogP contribution in [0.3, 0.4) is 0 Å². The molecule has 0 aliphatic carbocycles. The third kappa shape index (κ3) is 6.34. The molecular weight excluding hydrogens is 311 g/mol. The third-order valence-corrected chi connectivity index (χ3v) is 5.24. The molecule has 0 saturated heterocycles. The molecule has 0 saturated carbocycles. The van der Waals surface area contributed by atoms with E-state index in [4.69, 9.17) is 0 Å². The van der Waals surface area contributed by atoms with E-state index in [9.17, 15) is 12.8 Å². The van der Waals surface area contributed by atoms with Crippen LogP contribution in [0.5, 0.6) is 0 Å². The molecule has 0 aromatic heterocycles. The molecule has 0 fully saturated rings. The number of sulfonamides is 1. The van der Waals surface area contributed by atoms with Gasteiger partial charge in [0.15, 0.2) is 0 Å². The van der Waals surface area contributed by atoms with Gasteiger partial charge >= 0.3 is 0 Å². The molecular formula is C14H23FN2O2S2. The summed E-state index contributed by atoms with van der Waals surface area (Å²) in [7, 11) is -1.94. The maximum absolute atomic E-state index is 13.3. The molecule has 1 rings (SSSR count). The van der Waals surface area contributed by atoms with Crippen LogP contribution in [0.1, 0.15) is 24.8 Å². The number of unbranched alkanes of at least 4 members (excludes halogenated alkanes) is 2. The molecule has 0 unspecified atom stereocenters. The van der Waals surface area contributed by atoms with Gasteiger partial charge in [-0.3, -0.25) is 0 Å². The maximum atomic E-state index is 13.3. The van der Waals surface area contributed by atoms with Crippen LogP contribution >= 0.6 is 11.8 Å². The lowest BCUT2D eigenvalue weighted by molar-refractivity contribution is 0.570. The summed E-state index contributed by atoms with van der Waals surface area (Å²) in [6, 6.07) is 3.84. The lowest BCUT2D eigenvalue weighted by Gasteiger charge is -2.11. The van der Waals surface area contributed by atoms with Crippen molar-refractivity contribution < 1.29 is 12.8 Å². The van der Waals surface area contributed by atoms with Gasteiger partial charge in [-0.15, -0.1) is 0 Å². The number of hydrogen-bond donors (Lipinski definition) is 2. The SMILES string of the molecule is CNCc1ccc(F)cc1S(=O)(=O)NCCCCCSC. The zero-order valence-corrected chi connectivity index (χ0v) is 14.1. The molecule has 0 atom stereocenters. The summed E-state index contributed by atoms with van der Waals surface area (Å²) in [5, 5.41) is 2.89. The minimum atomic E-state index is -3.66. The van der Waals surface area contributed by atoms with Crippen LogP contribution in [0.25, 0.3) is 0 Å². The molecule has 120 valence electrons. The highest BCUT2D eigenvalue weighted by molar-refractivity contribution is 7.98. The number of nitrogens with one attached hydrogen (secondary N) is 2. The van der Waals surface area contributed by atoms with Gasteiger partial charge in [-0.2, -0.15) is 11.8 Å². The molecule has 1 aromatic rings. The summed E-state index contributed by atoms with van der Waals surface area (Å²) in [5.41, 5.74) is 0.564. The Labute approximate surface area is 131 Å². The van der Waals surface area contributed by atoms with Gasteiger partial charge in [0.05, 0.1) is 4.90 Å². The van der Waals surface area contributed by atoms with E-state index in [1.54, 1.807) is 18.8 Å². The lowest BCUT2D eigenvalue weighted by atomic mass is 10.2. The second kappa shape index (κ2) is 9.40. The summed E-state index contributed by atoms with van der Waals surface area (Å²) < 4.78 is 40.4. The van der Waals surface area contributed by atoms with Gasteiger partial charge in [0.25, 0.3) is 0 Å². The van der Waals surface area contributed by atoms with E-state index in [0.29, 0.717) is 18.7 Å². The fraction of sp³-hybridized carbons (Fsp3) is 0.571. The minimum Gasteiger partial charge on any atom is -0.316 e. The van der Waals surface area contributed by atoms with Gasteiger partial charge in [-0.1, -0.05) is 12.5 Å². The number of rotatable bonds is 10. The molecule has 21 heavy (non-hydrogen) atoms. The first kappa shape index (κ1) is 18.4. The van der Waals surface area contributed by atoms with Gasteiger partial charge < -0.3 is 5.32 Å². The van der Waals surface area contributed by atoms with Crippen LogP contribution < -0.4 is 10.0 Å². The van der Waals surface area contributed by atoms with Crippen LogP contribution in [-0.2, 0) is 16.6 Å². The van der Waals surface area contributed by atoms with Gasteiger partial charge in [0, 0.05) is 13.1 Å². The Morgan fingerprint density at radius 2 is 2.00 bits per heavy atom. The van der Waals surface area contributed by atoms with E-state index in [0.717, 1.165) is 31.1 Å². The first-order valence-corrected chi connectivity index (χ1v) is 9.80. The second-order valence-corrected chi connectivity index (χ2v) is 7.45. The average Bonchev–Trinajstić information content (AvgIpc) is 2.45. The number of benzene rings is 1. The van der Waals surface area contributed by atoms with E-state index < -0.39 is 15.8 Å². The van der Waals surface area contributed by atoms with Crippen molar-refractivity contribution in [1.29, 1.82) is 0 Å². The van der Waals surface area contributed by atoms with Gasteiger partial charge in [-0.25, -0.2) is 17.5 Å². The average molecular weight is 334 g/mol. The van der Waals surface area contributed by atoms with Crippen molar-refractivity contribution in [2.45, 2.75) is 30.7 Å². The standard InChI is InChI=1S/C14H23FN2O2S2/c1-16-11-12-6-7-13(15)10-14(12)21(18,19)17-8-4-3-5-9-20-2/h6-7,10,16-17H,3-5,8-9,11H2,1-2H3. The monoisotopic (exact) mass is 334 g/mol. The number of halogens is 1. The molecule has 0 aliphatic rings. The van der Waals surface area contributed by atoms with Crippen LogP contribution in [0.2, 0.25) is 0 Å². The molecule has 0 radical (unpaired) electrons. The third-order valence-electron chi connectivity index (χ3n) is 3.00. The molecule has 2 N–H and O–H groups in total. The van der Waals surface area contributed by atoms with Crippen molar-refractivity contribution >= 4 is 21.8 Å². The Balaban J connectivity index is 2.67. The molecule has 0 heterocycles. The van der Waals surface area contributed by atoms with Crippen molar-refractivity contribution in [1.82, 2.24) is 10.0 Å². The van der Waals surface area contributed by atoms with Crippen LogP contribution in [0, 0.1) is 5.82 Å². The highest BCUT2D eigenvalue weighted by Gasteiger charge is 2.18. The fourth-order valence-corrected chi connectivity index (χ4v) is 3.76. The van der Waals surface area contributed by atoms with E-state index >= 15 is 0 Å². The Hall–Kier alpha value is -0.630. The van der Waals surface area contributed by atoms with Gasteiger partial charge in [0.1, 0.15) is 5.82 Å². The Morgan fingerprint density at radius 3 is 2.67 bits per heavy atom. The summed E-state index contributed by atoms with van der Waals surface area (Å²) >= 11 is 1.78. The van der Waals surface area contributed by atoms with Gasteiger partial charge in [0.2, 0.25) is 10.0 Å². The summed E-state index contributed by atoms with van der Waals surface area (Å²) in [6.07, 6.45) is 4.90. The first-order valence-electron chi connectivity index (χ1n) is 6.93. The fourth-order valence-electron chi connectivity index (χ4n) is 1.95. The van der Waals surface area contributed by atoms with E-state index in [-0.39, 0.29) is 4.90 Å². The summed E-state index contributed by atoms with van der Waals surface area (Å²) in [5.74, 6) is 0.540. The zero-order chi connectivity index (χ0) is 15.7. The molecule has 0 spiro atoms. The lowest BCUT2D eigenvalue weighted by Crippen LogP contribution is -2.26. The zero-order valence-electron chi connectivity index (χ0n) is 12.5. The molecule has 1 aromatic carbocycles. The van der Waals surface area contributed by atoms with Crippen molar-refractivity contribution in [3.8, 4) is 0 Å². The normalized spacial score (nSPS) is 11.8. The van der Waals surface area contributed by atoms with Crippen LogP contribution in [0.15, 0.2) is 23.1 Å². The largest absolute Gasteiger partial charge is 0.316 e. The number of hydrogen-bond acceptors (Lipinski definition) is 4. The Bertz CT molecular complexity index is 536. The van der Waals surface area contributed by atoms with Gasteiger partial charge in [-0.05, 0) is 49.6 Å². The topological polar surface area (TPSA) is 58.2 Å². The second-order valence-electron chi connectivity index (χ2n) is 4.73. The first-order chi connectivity index (χ1) is 10.0. The predicted molar refractivity (Wildman–Crippen MR) is 86.6 cm³/mol. The Kier molecular flexibility index (Phi) is 8.24. The van der Waals surface area contributed by atoms with E-state index in [1.807, 2.05) is 0 Å². The van der Waals surface area contributed by atoms with E-state index in [1.165, 1.54) is 12.1 Å². The molecule has 7 heteroatoms. The predicted octanol–water partition coefficient (Wildman–Crippen LogP) is 2.36. The highest BCUT2D eigenvalue weighted by atomic mass is 32.2. The molecule has 0 bridgehead atoms. The molecule has 4 nitrogen and oxygen atoms in total. The van der Waals surface area contributed by atoms with E-state index in [2.05, 4.69) is 16.3 Å². The van der Waals surface area contributed by atoms with Crippen molar-refractivity contribution in [2.75, 3.05) is 25.6 Å². The van der Waals surface area contributed by atoms with Crippen LogP contribution in [-0.4, -0.2) is 34.0 Å². The van der Waals surface area contributed by atoms with Crippen LogP contribution in [0.4, 0.5) is 4.39 Å². The summed E-state index contributed by atoms with van der Waals surface area (Å²) in [4.78, 5) is 0.0148. The molecule has 0 amide bonds.